The van der Waals surface area contributed by atoms with E-state index in [-0.39, 0.29) is 12.2 Å². The summed E-state index contributed by atoms with van der Waals surface area (Å²) in [7, 11) is 1.77. The molecule has 1 unspecified atom stereocenters. The smallest absolute Gasteiger partial charge is 0.409 e. The number of ether oxygens (including phenoxy) is 1. The second-order valence-corrected chi connectivity index (χ2v) is 3.52. The molecule has 0 saturated carbocycles. The van der Waals surface area contributed by atoms with E-state index in [0.717, 1.165) is 13.0 Å². The minimum Gasteiger partial charge on any atom is -0.444 e. The second-order valence-electron chi connectivity index (χ2n) is 3.52. The molecule has 0 radical (unpaired) electrons. The molecule has 0 aromatic rings. The Balaban J connectivity index is 0.000000671. The van der Waals surface area contributed by atoms with Crippen LogP contribution >= 0.6 is 0 Å². The van der Waals surface area contributed by atoms with Crippen LogP contribution in [-0.4, -0.2) is 30.7 Å². The van der Waals surface area contributed by atoms with Gasteiger partial charge >= 0.3 is 6.09 Å². The zero-order valence-electron chi connectivity index (χ0n) is 9.33. The van der Waals surface area contributed by atoms with Crippen molar-refractivity contribution in [1.29, 1.82) is 0 Å². The first-order valence-corrected chi connectivity index (χ1v) is 5.01. The van der Waals surface area contributed by atoms with Gasteiger partial charge < -0.3 is 9.64 Å². The molecule has 1 amide bonds. The first kappa shape index (κ1) is 12.3. The molecule has 0 aliphatic carbocycles. The Labute approximate surface area is 81.1 Å². The highest BCUT2D eigenvalue weighted by atomic mass is 16.6. The molecule has 13 heavy (non-hydrogen) atoms. The Morgan fingerprint density at radius 2 is 2.08 bits per heavy atom. The van der Waals surface area contributed by atoms with E-state index < -0.39 is 0 Å². The molecule has 1 rings (SSSR count). The summed E-state index contributed by atoms with van der Waals surface area (Å²) in [6.07, 6.45) is 0.902. The average Bonchev–Trinajstić information content (AvgIpc) is 2.34. The Kier molecular flexibility index (Phi) is 5.51. The quantitative estimate of drug-likeness (QED) is 0.664. The van der Waals surface area contributed by atoms with E-state index >= 15 is 0 Å². The molecule has 0 bridgehead atoms. The Bertz CT molecular complexity index is 157. The van der Waals surface area contributed by atoms with E-state index in [4.69, 9.17) is 4.74 Å². The van der Waals surface area contributed by atoms with Crippen molar-refractivity contribution in [2.45, 2.75) is 40.2 Å². The first-order valence-electron chi connectivity index (χ1n) is 5.01. The van der Waals surface area contributed by atoms with Crippen molar-refractivity contribution >= 4 is 6.09 Å². The largest absolute Gasteiger partial charge is 0.444 e. The van der Waals surface area contributed by atoms with Crippen LogP contribution in [0, 0.1) is 5.92 Å². The van der Waals surface area contributed by atoms with E-state index in [2.05, 4.69) is 13.8 Å². The maximum absolute atomic E-state index is 10.9. The summed E-state index contributed by atoms with van der Waals surface area (Å²) >= 11 is 0. The Hall–Kier alpha value is -0.730. The summed E-state index contributed by atoms with van der Waals surface area (Å²) in [6.45, 7) is 9.01. The van der Waals surface area contributed by atoms with Crippen LogP contribution in [0.25, 0.3) is 0 Å². The molecule has 1 fully saturated rings. The summed E-state index contributed by atoms with van der Waals surface area (Å²) in [6, 6.07) is 0. The van der Waals surface area contributed by atoms with Gasteiger partial charge in [0.1, 0.15) is 6.10 Å². The highest BCUT2D eigenvalue weighted by Crippen LogP contribution is 2.15. The number of cyclic esters (lactones) is 1. The van der Waals surface area contributed by atoms with Gasteiger partial charge in [-0.3, -0.25) is 0 Å². The molecule has 0 N–H and O–H groups in total. The van der Waals surface area contributed by atoms with Crippen molar-refractivity contribution in [3.05, 3.63) is 0 Å². The minimum atomic E-state index is -0.185. The van der Waals surface area contributed by atoms with E-state index in [9.17, 15) is 4.79 Å². The number of carbonyl (C=O) groups excluding carboxylic acids is 1. The lowest BCUT2D eigenvalue weighted by molar-refractivity contribution is 0.124. The lowest BCUT2D eigenvalue weighted by Gasteiger charge is -2.09. The van der Waals surface area contributed by atoms with Crippen molar-refractivity contribution in [2.75, 3.05) is 13.6 Å². The maximum Gasteiger partial charge on any atom is 0.409 e. The maximum atomic E-state index is 10.9. The lowest BCUT2D eigenvalue weighted by atomic mass is 10.1. The number of hydrogen-bond donors (Lipinski definition) is 0. The van der Waals surface area contributed by atoms with Gasteiger partial charge in [0.05, 0.1) is 6.54 Å². The third-order valence-electron chi connectivity index (χ3n) is 1.79. The highest BCUT2D eigenvalue weighted by molar-refractivity contribution is 5.69. The summed E-state index contributed by atoms with van der Waals surface area (Å²) in [5.41, 5.74) is 0. The number of nitrogens with zero attached hydrogens (tertiary/aromatic N) is 1. The lowest BCUT2D eigenvalue weighted by Crippen LogP contribution is -2.19. The number of hydrogen-bond acceptors (Lipinski definition) is 2. The SMILES string of the molecule is CC.CC(C)CC1CN(C)C(=O)O1. The predicted molar refractivity (Wildman–Crippen MR) is 53.7 cm³/mol. The van der Waals surface area contributed by atoms with Crippen LogP contribution in [0.3, 0.4) is 0 Å². The summed E-state index contributed by atoms with van der Waals surface area (Å²) < 4.78 is 5.07. The van der Waals surface area contributed by atoms with Gasteiger partial charge in [0, 0.05) is 7.05 Å². The first-order chi connectivity index (χ1) is 6.09. The third-order valence-corrected chi connectivity index (χ3v) is 1.79. The molecule has 0 aromatic carbocycles. The van der Waals surface area contributed by atoms with Crippen LogP contribution in [0.15, 0.2) is 0 Å². The molecule has 1 aliphatic heterocycles. The van der Waals surface area contributed by atoms with Gasteiger partial charge in [-0.1, -0.05) is 27.7 Å². The van der Waals surface area contributed by atoms with Gasteiger partial charge in [-0.25, -0.2) is 4.79 Å². The van der Waals surface area contributed by atoms with Crippen LogP contribution in [0.4, 0.5) is 4.79 Å². The molecule has 1 atom stereocenters. The van der Waals surface area contributed by atoms with Gasteiger partial charge in [-0.2, -0.15) is 0 Å². The number of carbonyl (C=O) groups is 1. The van der Waals surface area contributed by atoms with Crippen LogP contribution in [0.5, 0.6) is 0 Å². The van der Waals surface area contributed by atoms with Crippen LogP contribution in [0.2, 0.25) is 0 Å². The molecule has 78 valence electrons. The molecular weight excluding hydrogens is 166 g/mol. The van der Waals surface area contributed by atoms with E-state index in [0.29, 0.717) is 5.92 Å². The van der Waals surface area contributed by atoms with Crippen molar-refractivity contribution in [3.8, 4) is 0 Å². The second kappa shape index (κ2) is 5.84. The minimum absolute atomic E-state index is 0.118. The topological polar surface area (TPSA) is 29.5 Å². The fourth-order valence-corrected chi connectivity index (χ4v) is 1.30. The van der Waals surface area contributed by atoms with E-state index in [1.54, 1.807) is 11.9 Å². The fourth-order valence-electron chi connectivity index (χ4n) is 1.30. The van der Waals surface area contributed by atoms with Crippen LogP contribution < -0.4 is 0 Å². The number of likely N-dealkylation sites (N-methyl/N-ethyl adjacent to an activating group) is 1. The molecule has 0 aromatic heterocycles. The summed E-state index contributed by atoms with van der Waals surface area (Å²) in [4.78, 5) is 12.5. The van der Waals surface area contributed by atoms with E-state index in [1.165, 1.54) is 0 Å². The molecule has 1 saturated heterocycles. The molecular formula is C10H21NO2. The monoisotopic (exact) mass is 187 g/mol. The van der Waals surface area contributed by atoms with Gasteiger partial charge in [0.25, 0.3) is 0 Å². The Morgan fingerprint density at radius 3 is 2.38 bits per heavy atom. The zero-order valence-corrected chi connectivity index (χ0v) is 9.33. The molecule has 1 heterocycles. The van der Waals surface area contributed by atoms with E-state index in [1.807, 2.05) is 13.8 Å². The van der Waals surface area contributed by atoms with Gasteiger partial charge in [-0.05, 0) is 12.3 Å². The van der Waals surface area contributed by atoms with Crippen molar-refractivity contribution < 1.29 is 9.53 Å². The number of rotatable bonds is 2. The summed E-state index contributed by atoms with van der Waals surface area (Å²) in [5, 5.41) is 0. The van der Waals surface area contributed by atoms with Crippen LogP contribution in [-0.2, 0) is 4.74 Å². The van der Waals surface area contributed by atoms with Gasteiger partial charge in [0.15, 0.2) is 0 Å². The van der Waals surface area contributed by atoms with Crippen molar-refractivity contribution in [1.82, 2.24) is 4.90 Å². The van der Waals surface area contributed by atoms with Crippen molar-refractivity contribution in [3.63, 3.8) is 0 Å². The standard InChI is InChI=1S/C8H15NO2.C2H6/c1-6(2)4-7-5-9(3)8(10)11-7;1-2/h6-7H,4-5H2,1-3H3;1-2H3. The normalized spacial score (nSPS) is 21.2. The highest BCUT2D eigenvalue weighted by Gasteiger charge is 2.28. The molecule has 0 spiro atoms. The molecule has 3 nitrogen and oxygen atoms in total. The average molecular weight is 187 g/mol. The zero-order chi connectivity index (χ0) is 10.4. The van der Waals surface area contributed by atoms with Crippen molar-refractivity contribution in [2.24, 2.45) is 5.92 Å². The third kappa shape index (κ3) is 4.15. The fraction of sp³-hybridized carbons (Fsp3) is 0.900. The van der Waals surface area contributed by atoms with Gasteiger partial charge in [-0.15, -0.1) is 0 Å². The van der Waals surface area contributed by atoms with Crippen LogP contribution in [0.1, 0.15) is 34.1 Å². The number of amides is 1. The summed E-state index contributed by atoms with van der Waals surface area (Å²) in [5.74, 6) is 0.597. The Morgan fingerprint density at radius 1 is 1.54 bits per heavy atom. The predicted octanol–water partition coefficient (Wildman–Crippen LogP) is 2.51. The van der Waals surface area contributed by atoms with Gasteiger partial charge in [0.2, 0.25) is 0 Å². The molecule has 1 aliphatic rings. The molecule has 3 heteroatoms.